The van der Waals surface area contributed by atoms with Crippen LogP contribution in [-0.2, 0) is 6.54 Å². The molecule has 1 rings (SSSR count). The molecule has 1 atom stereocenters. The van der Waals surface area contributed by atoms with Crippen LogP contribution in [0.25, 0.3) is 0 Å². The predicted octanol–water partition coefficient (Wildman–Crippen LogP) is 2.63. The van der Waals surface area contributed by atoms with E-state index in [2.05, 4.69) is 24.1 Å². The fourth-order valence-corrected chi connectivity index (χ4v) is 2.64. The van der Waals surface area contributed by atoms with Gasteiger partial charge in [0.05, 0.1) is 0 Å². The number of aromatic nitrogens is 1. The number of nitrogens with zero attached hydrogens (tertiary/aromatic N) is 1. The van der Waals surface area contributed by atoms with E-state index in [1.807, 2.05) is 11.6 Å². The maximum Gasteiger partial charge on any atom is 0.106 e. The molecule has 17 heavy (non-hydrogen) atoms. The molecule has 1 aromatic heterocycles. The number of nitrogens with one attached hydrogen (secondary N) is 1. The van der Waals surface area contributed by atoms with Gasteiger partial charge in [0.25, 0.3) is 0 Å². The second-order valence-corrected chi connectivity index (χ2v) is 5.81. The summed E-state index contributed by atoms with van der Waals surface area (Å²) in [4.78, 5) is 4.25. The van der Waals surface area contributed by atoms with Crippen LogP contribution in [0.2, 0.25) is 0 Å². The lowest BCUT2D eigenvalue weighted by molar-refractivity contribution is 0.331. The largest absolute Gasteiger partial charge is 0.330 e. The molecule has 4 heteroatoms. The van der Waals surface area contributed by atoms with Crippen LogP contribution in [-0.4, -0.2) is 18.1 Å². The maximum atomic E-state index is 5.64. The molecule has 0 spiro atoms. The van der Waals surface area contributed by atoms with Gasteiger partial charge in [-0.2, -0.15) is 0 Å². The van der Waals surface area contributed by atoms with Crippen molar-refractivity contribution < 1.29 is 0 Å². The zero-order chi connectivity index (χ0) is 12.5. The van der Waals surface area contributed by atoms with Crippen molar-refractivity contribution in [2.24, 2.45) is 17.6 Å². The number of hydrogen-bond donors (Lipinski definition) is 2. The summed E-state index contributed by atoms with van der Waals surface area (Å²) in [5, 5.41) is 6.64. The molecule has 0 fully saturated rings. The van der Waals surface area contributed by atoms with Gasteiger partial charge < -0.3 is 11.1 Å². The third kappa shape index (κ3) is 6.15. The minimum atomic E-state index is 0.748. The Morgan fingerprint density at radius 3 is 2.82 bits per heavy atom. The molecule has 1 heterocycles. The predicted molar refractivity (Wildman–Crippen MR) is 75.1 cm³/mol. The lowest BCUT2D eigenvalue weighted by Gasteiger charge is -2.19. The topological polar surface area (TPSA) is 50.9 Å². The van der Waals surface area contributed by atoms with Crippen molar-refractivity contribution in [2.75, 3.05) is 13.1 Å². The van der Waals surface area contributed by atoms with Crippen LogP contribution in [0.15, 0.2) is 11.6 Å². The first-order chi connectivity index (χ1) is 8.24. The average molecular weight is 255 g/mol. The first-order valence-electron chi connectivity index (χ1n) is 6.53. The normalized spacial score (nSPS) is 13.2. The monoisotopic (exact) mass is 255 g/mol. The van der Waals surface area contributed by atoms with E-state index in [-0.39, 0.29) is 0 Å². The molecule has 1 aromatic rings. The first kappa shape index (κ1) is 14.6. The number of nitrogens with two attached hydrogens (primary N) is 1. The van der Waals surface area contributed by atoms with Crippen LogP contribution in [0.1, 0.15) is 38.1 Å². The Bertz CT molecular complexity index is 272. The number of hydrogen-bond acceptors (Lipinski definition) is 4. The standard InChI is InChI=1S/C13H25N3S/c1-11(2)12(5-6-14)4-3-7-15-10-13-16-8-9-17-13/h8-9,11-12,15H,3-7,10,14H2,1-2H3. The van der Waals surface area contributed by atoms with Gasteiger partial charge in [0, 0.05) is 18.1 Å². The van der Waals surface area contributed by atoms with Crippen molar-refractivity contribution >= 4 is 11.3 Å². The number of rotatable bonds is 9. The Balaban J connectivity index is 2.06. The van der Waals surface area contributed by atoms with Gasteiger partial charge in [-0.3, -0.25) is 0 Å². The molecular weight excluding hydrogens is 230 g/mol. The summed E-state index contributed by atoms with van der Waals surface area (Å²) in [6.07, 6.45) is 5.52. The van der Waals surface area contributed by atoms with Crippen molar-refractivity contribution in [3.05, 3.63) is 16.6 Å². The fourth-order valence-electron chi connectivity index (χ4n) is 2.05. The van der Waals surface area contributed by atoms with E-state index in [0.29, 0.717) is 0 Å². The minimum Gasteiger partial charge on any atom is -0.330 e. The smallest absolute Gasteiger partial charge is 0.106 e. The molecule has 0 radical (unpaired) electrons. The lowest BCUT2D eigenvalue weighted by atomic mass is 9.88. The zero-order valence-corrected chi connectivity index (χ0v) is 11.8. The van der Waals surface area contributed by atoms with Gasteiger partial charge in [-0.05, 0) is 44.2 Å². The minimum absolute atomic E-state index is 0.748. The quantitative estimate of drug-likeness (QED) is 0.667. The fraction of sp³-hybridized carbons (Fsp3) is 0.769. The van der Waals surface area contributed by atoms with Crippen molar-refractivity contribution in [1.29, 1.82) is 0 Å². The van der Waals surface area contributed by atoms with E-state index in [1.54, 1.807) is 11.3 Å². The highest BCUT2D eigenvalue weighted by Crippen LogP contribution is 2.19. The first-order valence-corrected chi connectivity index (χ1v) is 7.41. The summed E-state index contributed by atoms with van der Waals surface area (Å²) >= 11 is 1.71. The molecule has 0 aliphatic rings. The van der Waals surface area contributed by atoms with Crippen molar-refractivity contribution in [1.82, 2.24) is 10.3 Å². The molecule has 0 aliphatic heterocycles. The molecule has 98 valence electrons. The maximum absolute atomic E-state index is 5.64. The molecule has 0 aliphatic carbocycles. The van der Waals surface area contributed by atoms with Gasteiger partial charge in [0.2, 0.25) is 0 Å². The highest BCUT2D eigenvalue weighted by Gasteiger charge is 2.11. The van der Waals surface area contributed by atoms with Crippen molar-refractivity contribution in [3.63, 3.8) is 0 Å². The Kier molecular flexibility index (Phi) is 7.40. The van der Waals surface area contributed by atoms with Gasteiger partial charge >= 0.3 is 0 Å². The Hall–Kier alpha value is -0.450. The van der Waals surface area contributed by atoms with E-state index in [0.717, 1.165) is 37.9 Å². The lowest BCUT2D eigenvalue weighted by Crippen LogP contribution is -2.18. The summed E-state index contributed by atoms with van der Waals surface area (Å²) < 4.78 is 0. The molecule has 0 saturated carbocycles. The van der Waals surface area contributed by atoms with Crippen LogP contribution in [0, 0.1) is 11.8 Å². The SMILES string of the molecule is CC(C)C(CCN)CCCNCc1nccs1. The highest BCUT2D eigenvalue weighted by molar-refractivity contribution is 7.09. The Morgan fingerprint density at radius 2 is 2.24 bits per heavy atom. The van der Waals surface area contributed by atoms with E-state index in [1.165, 1.54) is 17.8 Å². The van der Waals surface area contributed by atoms with Gasteiger partial charge in [0.15, 0.2) is 0 Å². The Morgan fingerprint density at radius 1 is 1.41 bits per heavy atom. The molecule has 0 aromatic carbocycles. The second-order valence-electron chi connectivity index (χ2n) is 4.83. The summed E-state index contributed by atoms with van der Waals surface area (Å²) in [7, 11) is 0. The van der Waals surface area contributed by atoms with Gasteiger partial charge in [-0.15, -0.1) is 11.3 Å². The Labute approximate surface area is 109 Å². The van der Waals surface area contributed by atoms with Crippen LogP contribution < -0.4 is 11.1 Å². The summed E-state index contributed by atoms with van der Waals surface area (Å²) in [6, 6.07) is 0. The third-order valence-corrected chi connectivity index (χ3v) is 3.95. The van der Waals surface area contributed by atoms with Crippen LogP contribution in [0.4, 0.5) is 0 Å². The zero-order valence-electron chi connectivity index (χ0n) is 11.0. The van der Waals surface area contributed by atoms with Crippen molar-refractivity contribution in [2.45, 2.75) is 39.7 Å². The van der Waals surface area contributed by atoms with Gasteiger partial charge in [-0.25, -0.2) is 4.98 Å². The second kappa shape index (κ2) is 8.61. The van der Waals surface area contributed by atoms with Gasteiger partial charge in [0.1, 0.15) is 5.01 Å². The molecular formula is C13H25N3S. The molecule has 0 saturated heterocycles. The third-order valence-electron chi connectivity index (χ3n) is 3.17. The van der Waals surface area contributed by atoms with E-state index in [9.17, 15) is 0 Å². The van der Waals surface area contributed by atoms with Crippen LogP contribution in [0.3, 0.4) is 0 Å². The van der Waals surface area contributed by atoms with Crippen molar-refractivity contribution in [3.8, 4) is 0 Å². The molecule has 0 amide bonds. The van der Waals surface area contributed by atoms with Crippen LogP contribution >= 0.6 is 11.3 Å². The molecule has 3 N–H and O–H groups in total. The summed E-state index contributed by atoms with van der Waals surface area (Å²) in [5.41, 5.74) is 5.64. The molecule has 1 unspecified atom stereocenters. The molecule has 3 nitrogen and oxygen atoms in total. The van der Waals surface area contributed by atoms with Crippen LogP contribution in [0.5, 0.6) is 0 Å². The van der Waals surface area contributed by atoms with E-state index >= 15 is 0 Å². The average Bonchev–Trinajstić information content (AvgIpc) is 2.80. The summed E-state index contributed by atoms with van der Waals surface area (Å²) in [5.74, 6) is 1.53. The van der Waals surface area contributed by atoms with Gasteiger partial charge in [-0.1, -0.05) is 13.8 Å². The van der Waals surface area contributed by atoms with E-state index < -0.39 is 0 Å². The molecule has 0 bridgehead atoms. The number of thiazole rings is 1. The summed E-state index contributed by atoms with van der Waals surface area (Å²) in [6.45, 7) is 7.39. The highest BCUT2D eigenvalue weighted by atomic mass is 32.1. The van der Waals surface area contributed by atoms with E-state index in [4.69, 9.17) is 5.73 Å².